The smallest absolute Gasteiger partial charge is 0.257 e. The second kappa shape index (κ2) is 3.77. The van der Waals surface area contributed by atoms with E-state index in [0.29, 0.717) is 6.61 Å². The zero-order valence-electron chi connectivity index (χ0n) is 9.04. The second-order valence-electron chi connectivity index (χ2n) is 4.43. The molecule has 1 aliphatic heterocycles. The molecule has 4 unspecified atom stereocenters. The number of nitrogens with zero attached hydrogens (tertiary/aromatic N) is 1. The lowest BCUT2D eigenvalue weighted by molar-refractivity contribution is -0.00926. The maximum Gasteiger partial charge on any atom is 0.257 e. The maximum absolute atomic E-state index is 11.9. The molecule has 0 spiro atoms. The van der Waals surface area contributed by atoms with Gasteiger partial charge in [-0.3, -0.25) is 5.10 Å². The van der Waals surface area contributed by atoms with Crippen LogP contribution in [0.2, 0.25) is 0 Å². The Morgan fingerprint density at radius 3 is 3.12 bits per heavy atom. The number of nitrogens with two attached hydrogens (primary N) is 1. The quantitative estimate of drug-likeness (QED) is 0.631. The van der Waals surface area contributed by atoms with Crippen LogP contribution in [-0.2, 0) is 14.8 Å². The molecular formula is C9H14N4O3S. The van der Waals surface area contributed by atoms with E-state index in [1.54, 1.807) is 0 Å². The Hall–Kier alpha value is -0.960. The van der Waals surface area contributed by atoms with E-state index in [0.717, 1.165) is 6.42 Å². The molecule has 0 radical (unpaired) electrons. The lowest BCUT2D eigenvalue weighted by Gasteiger charge is -2.45. The highest BCUT2D eigenvalue weighted by atomic mass is 32.2. The van der Waals surface area contributed by atoms with Gasteiger partial charge in [0, 0.05) is 18.6 Å². The molecular weight excluding hydrogens is 244 g/mol. The van der Waals surface area contributed by atoms with Crippen LogP contribution in [0.25, 0.3) is 0 Å². The third kappa shape index (κ3) is 1.68. The molecule has 1 saturated carbocycles. The minimum Gasteiger partial charge on any atom is -0.376 e. The molecule has 3 rings (SSSR count). The number of aromatic nitrogens is 2. The topological polar surface area (TPSA) is 110 Å². The van der Waals surface area contributed by atoms with E-state index >= 15 is 0 Å². The van der Waals surface area contributed by atoms with Crippen LogP contribution in [-0.4, -0.2) is 43.4 Å². The predicted molar refractivity (Wildman–Crippen MR) is 58.5 cm³/mol. The van der Waals surface area contributed by atoms with Gasteiger partial charge in [0.05, 0.1) is 18.3 Å². The van der Waals surface area contributed by atoms with Crippen LogP contribution in [0.3, 0.4) is 0 Å². The van der Waals surface area contributed by atoms with E-state index in [1.165, 1.54) is 12.3 Å². The van der Waals surface area contributed by atoms with Crippen molar-refractivity contribution in [1.82, 2.24) is 14.9 Å². The molecule has 1 aliphatic carbocycles. The summed E-state index contributed by atoms with van der Waals surface area (Å²) >= 11 is 0. The van der Waals surface area contributed by atoms with Gasteiger partial charge < -0.3 is 10.5 Å². The number of aromatic amines is 1. The van der Waals surface area contributed by atoms with Crippen molar-refractivity contribution in [3.63, 3.8) is 0 Å². The molecule has 0 amide bonds. The molecule has 8 heteroatoms. The summed E-state index contributed by atoms with van der Waals surface area (Å²) in [5, 5.41) is 6.09. The Bertz CT molecular complexity index is 500. The van der Waals surface area contributed by atoms with Crippen LogP contribution < -0.4 is 10.5 Å². The van der Waals surface area contributed by atoms with Crippen LogP contribution in [0, 0.1) is 5.92 Å². The number of fused-ring (bicyclic) bond motifs is 1. The van der Waals surface area contributed by atoms with Crippen molar-refractivity contribution in [3.05, 3.63) is 12.3 Å². The van der Waals surface area contributed by atoms with Gasteiger partial charge in [-0.05, 0) is 12.5 Å². The fourth-order valence-electron chi connectivity index (χ4n) is 2.53. The first-order valence-corrected chi connectivity index (χ1v) is 6.97. The van der Waals surface area contributed by atoms with Gasteiger partial charge in [0.25, 0.3) is 10.0 Å². The van der Waals surface area contributed by atoms with Crippen molar-refractivity contribution in [1.29, 1.82) is 0 Å². The molecule has 1 aromatic heterocycles. The molecule has 1 aromatic rings. The largest absolute Gasteiger partial charge is 0.376 e. The van der Waals surface area contributed by atoms with Gasteiger partial charge in [0.15, 0.2) is 5.03 Å². The number of hydrogen-bond acceptors (Lipinski definition) is 5. The molecule has 4 atom stereocenters. The van der Waals surface area contributed by atoms with Gasteiger partial charge in [0.1, 0.15) is 0 Å². The molecule has 1 saturated heterocycles. The zero-order chi connectivity index (χ0) is 12.0. The first-order chi connectivity index (χ1) is 8.09. The van der Waals surface area contributed by atoms with Crippen molar-refractivity contribution < 1.29 is 13.2 Å². The Labute approximate surface area is 98.8 Å². The molecule has 2 fully saturated rings. The van der Waals surface area contributed by atoms with Gasteiger partial charge in [0.2, 0.25) is 0 Å². The fourth-order valence-corrected chi connectivity index (χ4v) is 3.72. The maximum atomic E-state index is 11.9. The van der Waals surface area contributed by atoms with Crippen LogP contribution in [0.15, 0.2) is 17.3 Å². The van der Waals surface area contributed by atoms with E-state index in [1.807, 2.05) is 0 Å². The second-order valence-corrected chi connectivity index (χ2v) is 6.12. The molecule has 0 bridgehead atoms. The lowest BCUT2D eigenvalue weighted by atomic mass is 9.73. The van der Waals surface area contributed by atoms with Gasteiger partial charge >= 0.3 is 0 Å². The van der Waals surface area contributed by atoms with E-state index < -0.39 is 10.0 Å². The minimum atomic E-state index is -3.58. The molecule has 2 heterocycles. The van der Waals surface area contributed by atoms with Gasteiger partial charge in [-0.25, -0.2) is 13.1 Å². The Morgan fingerprint density at radius 1 is 1.59 bits per heavy atom. The zero-order valence-corrected chi connectivity index (χ0v) is 9.85. The summed E-state index contributed by atoms with van der Waals surface area (Å²) in [4.78, 5) is 0. The fraction of sp³-hybridized carbons (Fsp3) is 0.667. The van der Waals surface area contributed by atoms with Crippen LogP contribution >= 0.6 is 0 Å². The summed E-state index contributed by atoms with van der Waals surface area (Å²) in [6.07, 6.45) is 2.22. The number of hydrogen-bond donors (Lipinski definition) is 3. The minimum absolute atomic E-state index is 0.0474. The van der Waals surface area contributed by atoms with Gasteiger partial charge in [-0.2, -0.15) is 5.10 Å². The highest BCUT2D eigenvalue weighted by molar-refractivity contribution is 7.89. The highest BCUT2D eigenvalue weighted by Crippen LogP contribution is 2.38. The summed E-state index contributed by atoms with van der Waals surface area (Å²) in [7, 11) is -3.58. The Balaban J connectivity index is 1.76. The van der Waals surface area contributed by atoms with E-state index in [2.05, 4.69) is 14.9 Å². The van der Waals surface area contributed by atoms with Gasteiger partial charge in [-0.15, -0.1) is 0 Å². The summed E-state index contributed by atoms with van der Waals surface area (Å²) in [6, 6.07) is 0.899. The van der Waals surface area contributed by atoms with Crippen molar-refractivity contribution in [2.45, 2.75) is 29.6 Å². The van der Waals surface area contributed by atoms with Crippen LogP contribution in [0.5, 0.6) is 0 Å². The normalized spacial score (nSPS) is 36.5. The molecule has 4 N–H and O–H groups in total. The lowest BCUT2D eigenvalue weighted by Crippen LogP contribution is -2.68. The number of nitrogens with one attached hydrogen (secondary N) is 2. The highest BCUT2D eigenvalue weighted by Gasteiger charge is 2.53. The van der Waals surface area contributed by atoms with Crippen molar-refractivity contribution in [2.24, 2.45) is 11.7 Å². The van der Waals surface area contributed by atoms with Crippen molar-refractivity contribution in [2.75, 3.05) is 6.61 Å². The third-order valence-corrected chi connectivity index (χ3v) is 4.89. The van der Waals surface area contributed by atoms with Crippen molar-refractivity contribution in [3.8, 4) is 0 Å². The standard InChI is InChI=1S/C9H14N4O3S/c10-7-5-2-4-16-9(5)8(7)13-17(14,15)6-1-3-11-12-6/h1,3,5,7-9,13H,2,4,10H2,(H,11,12). The molecule has 2 aliphatic rings. The first kappa shape index (κ1) is 11.1. The summed E-state index contributed by atoms with van der Waals surface area (Å²) in [6.45, 7) is 0.658. The van der Waals surface area contributed by atoms with E-state index in [-0.39, 0.29) is 29.1 Å². The molecule has 17 heavy (non-hydrogen) atoms. The number of H-pyrrole nitrogens is 1. The Kier molecular flexibility index (Phi) is 2.47. The number of ether oxygens (including phenoxy) is 1. The average molecular weight is 258 g/mol. The summed E-state index contributed by atoms with van der Waals surface area (Å²) in [5.74, 6) is 0.282. The molecule has 0 aromatic carbocycles. The third-order valence-electron chi connectivity index (χ3n) is 3.50. The predicted octanol–water partition coefficient (Wildman–Crippen LogP) is -1.20. The SMILES string of the molecule is NC1C2CCOC2C1NS(=O)(=O)c1ccn[nH]1. The van der Waals surface area contributed by atoms with Crippen molar-refractivity contribution >= 4 is 10.0 Å². The van der Waals surface area contributed by atoms with Crippen LogP contribution in [0.4, 0.5) is 0 Å². The van der Waals surface area contributed by atoms with Gasteiger partial charge in [-0.1, -0.05) is 0 Å². The number of rotatable bonds is 3. The molecule has 7 nitrogen and oxygen atoms in total. The summed E-state index contributed by atoms with van der Waals surface area (Å²) < 4.78 is 31.9. The number of sulfonamides is 1. The summed E-state index contributed by atoms with van der Waals surface area (Å²) in [5.41, 5.74) is 5.94. The van der Waals surface area contributed by atoms with E-state index in [9.17, 15) is 8.42 Å². The molecule has 94 valence electrons. The first-order valence-electron chi connectivity index (χ1n) is 5.48. The average Bonchev–Trinajstić information content (AvgIpc) is 2.95. The van der Waals surface area contributed by atoms with Crippen LogP contribution in [0.1, 0.15) is 6.42 Å². The Morgan fingerprint density at radius 2 is 2.41 bits per heavy atom. The van der Waals surface area contributed by atoms with E-state index in [4.69, 9.17) is 10.5 Å². The monoisotopic (exact) mass is 258 g/mol.